The molecule has 3 rings (SSSR count). The average Bonchev–Trinajstić information content (AvgIpc) is 2.94. The van der Waals surface area contributed by atoms with Crippen molar-refractivity contribution < 1.29 is 19.2 Å². The van der Waals surface area contributed by atoms with Crippen LogP contribution in [0.2, 0.25) is 0 Å². The molecule has 0 aromatic heterocycles. The molecule has 0 saturated heterocycles. The fourth-order valence-electron chi connectivity index (χ4n) is 3.08. The van der Waals surface area contributed by atoms with Crippen molar-refractivity contribution in [2.45, 2.75) is 19.9 Å². The van der Waals surface area contributed by atoms with Gasteiger partial charge in [0.2, 0.25) is 5.91 Å². The van der Waals surface area contributed by atoms with Crippen LogP contribution in [0.1, 0.15) is 48.6 Å². The number of nitrogens with one attached hydrogen (secondary N) is 2. The third-order valence-electron chi connectivity index (χ3n) is 4.59. The zero-order chi connectivity index (χ0) is 20.3. The molecule has 1 heterocycles. The molecule has 2 N–H and O–H groups in total. The fraction of sp³-hybridized carbons (Fsp3) is 0.238. The first-order valence-electron chi connectivity index (χ1n) is 8.95. The Bertz CT molecular complexity index is 968. The average molecular weight is 379 g/mol. The third-order valence-corrected chi connectivity index (χ3v) is 4.59. The lowest BCUT2D eigenvalue weighted by molar-refractivity contribution is -0.121. The summed E-state index contributed by atoms with van der Waals surface area (Å²) < 4.78 is 0. The second-order valence-corrected chi connectivity index (χ2v) is 6.62. The molecule has 0 atom stereocenters. The van der Waals surface area contributed by atoms with E-state index < -0.39 is 0 Å². The number of carbonyl (C=O) groups is 4. The Hall–Kier alpha value is -3.48. The Morgan fingerprint density at radius 1 is 1.00 bits per heavy atom. The van der Waals surface area contributed by atoms with E-state index in [9.17, 15) is 19.2 Å². The van der Waals surface area contributed by atoms with E-state index in [4.69, 9.17) is 0 Å². The summed E-state index contributed by atoms with van der Waals surface area (Å²) in [4.78, 5) is 49.7. The summed E-state index contributed by atoms with van der Waals surface area (Å²) in [5.41, 5.74) is 2.96. The maximum atomic E-state index is 12.4. The topological polar surface area (TPSA) is 95.6 Å². The summed E-state index contributed by atoms with van der Waals surface area (Å²) in [6, 6.07) is 12.1. The number of rotatable bonds is 6. The van der Waals surface area contributed by atoms with E-state index in [2.05, 4.69) is 10.6 Å². The molecule has 1 aliphatic heterocycles. The van der Waals surface area contributed by atoms with E-state index in [1.165, 1.54) is 0 Å². The van der Waals surface area contributed by atoms with Crippen LogP contribution in [0.3, 0.4) is 0 Å². The number of hydrogen-bond donors (Lipinski definition) is 2. The predicted octanol–water partition coefficient (Wildman–Crippen LogP) is 1.66. The molecule has 2 aromatic rings. The van der Waals surface area contributed by atoms with Gasteiger partial charge in [-0.2, -0.15) is 0 Å². The minimum absolute atomic E-state index is 0.0135. The third kappa shape index (κ3) is 3.93. The first-order chi connectivity index (χ1) is 13.4. The van der Waals surface area contributed by atoms with Gasteiger partial charge in [0.25, 0.3) is 17.7 Å². The van der Waals surface area contributed by atoms with Crippen molar-refractivity contribution in [3.63, 3.8) is 0 Å². The van der Waals surface area contributed by atoms with Crippen LogP contribution in [0, 0.1) is 6.92 Å². The first-order valence-corrected chi connectivity index (χ1v) is 8.95. The van der Waals surface area contributed by atoms with E-state index in [0.717, 1.165) is 16.0 Å². The second-order valence-electron chi connectivity index (χ2n) is 6.62. The molecule has 0 unspecified atom stereocenters. The van der Waals surface area contributed by atoms with Crippen LogP contribution >= 0.6 is 0 Å². The summed E-state index contributed by atoms with van der Waals surface area (Å²) >= 11 is 0. The molecule has 28 heavy (non-hydrogen) atoms. The van der Waals surface area contributed by atoms with Gasteiger partial charge in [0.05, 0.1) is 11.1 Å². The molecule has 0 fully saturated rings. The fourth-order valence-corrected chi connectivity index (χ4v) is 3.08. The van der Waals surface area contributed by atoms with Gasteiger partial charge >= 0.3 is 0 Å². The summed E-state index contributed by atoms with van der Waals surface area (Å²) in [6.07, 6.45) is 0.0135. The minimum atomic E-state index is -0.369. The number of imide groups is 1. The van der Waals surface area contributed by atoms with Gasteiger partial charge in [0, 0.05) is 32.1 Å². The summed E-state index contributed by atoms with van der Waals surface area (Å²) in [6.45, 7) is 2.13. The lowest BCUT2D eigenvalue weighted by Gasteiger charge is -2.13. The normalized spacial score (nSPS) is 12.7. The van der Waals surface area contributed by atoms with Crippen LogP contribution in [-0.2, 0) is 11.3 Å². The summed E-state index contributed by atoms with van der Waals surface area (Å²) in [5.74, 6) is -1.21. The van der Waals surface area contributed by atoms with E-state index >= 15 is 0 Å². The van der Waals surface area contributed by atoms with Crippen molar-refractivity contribution in [1.29, 1.82) is 0 Å². The second kappa shape index (κ2) is 8.04. The van der Waals surface area contributed by atoms with Gasteiger partial charge in [-0.25, -0.2) is 0 Å². The van der Waals surface area contributed by atoms with Gasteiger partial charge in [-0.3, -0.25) is 24.1 Å². The van der Waals surface area contributed by atoms with E-state index in [1.54, 1.807) is 49.5 Å². The highest BCUT2D eigenvalue weighted by Crippen LogP contribution is 2.23. The highest BCUT2D eigenvalue weighted by molar-refractivity contribution is 6.21. The molecule has 0 bridgehead atoms. The lowest BCUT2D eigenvalue weighted by atomic mass is 10.1. The summed E-state index contributed by atoms with van der Waals surface area (Å²) in [7, 11) is 1.55. The van der Waals surface area contributed by atoms with E-state index in [-0.39, 0.29) is 43.1 Å². The molecular formula is C21H21N3O4. The standard InChI is InChI=1S/C21H21N3O4/c1-13-6-7-16-17(10-13)21(28)24(20(16)27)9-8-18(25)23-12-14-4-3-5-15(11-14)19(26)22-2/h3-7,10-11H,8-9,12H2,1-2H3,(H,22,26)(H,23,25). The van der Waals surface area contributed by atoms with Gasteiger partial charge in [0.15, 0.2) is 0 Å². The number of benzene rings is 2. The van der Waals surface area contributed by atoms with Crippen LogP contribution in [0.5, 0.6) is 0 Å². The van der Waals surface area contributed by atoms with Crippen LogP contribution in [0.15, 0.2) is 42.5 Å². The number of nitrogens with zero attached hydrogens (tertiary/aromatic N) is 1. The van der Waals surface area contributed by atoms with Crippen molar-refractivity contribution in [2.75, 3.05) is 13.6 Å². The van der Waals surface area contributed by atoms with Crippen molar-refractivity contribution in [3.8, 4) is 0 Å². The molecule has 0 radical (unpaired) electrons. The number of fused-ring (bicyclic) bond motifs is 1. The Kier molecular flexibility index (Phi) is 5.54. The number of hydrogen-bond acceptors (Lipinski definition) is 4. The summed E-state index contributed by atoms with van der Waals surface area (Å²) in [5, 5.41) is 5.30. The molecule has 0 aliphatic carbocycles. The number of carbonyl (C=O) groups excluding carboxylic acids is 4. The quantitative estimate of drug-likeness (QED) is 0.746. The molecule has 7 heteroatoms. The van der Waals surface area contributed by atoms with Crippen molar-refractivity contribution >= 4 is 23.6 Å². The van der Waals surface area contributed by atoms with Crippen molar-refractivity contribution in [1.82, 2.24) is 15.5 Å². The van der Waals surface area contributed by atoms with E-state index in [1.807, 2.05) is 6.92 Å². The molecule has 144 valence electrons. The van der Waals surface area contributed by atoms with Crippen molar-refractivity contribution in [2.24, 2.45) is 0 Å². The zero-order valence-corrected chi connectivity index (χ0v) is 15.7. The van der Waals surface area contributed by atoms with Gasteiger partial charge in [0.1, 0.15) is 0 Å². The first kappa shape index (κ1) is 19.3. The van der Waals surface area contributed by atoms with Gasteiger partial charge in [-0.1, -0.05) is 23.8 Å². The van der Waals surface area contributed by atoms with Crippen LogP contribution in [0.4, 0.5) is 0 Å². The van der Waals surface area contributed by atoms with Crippen LogP contribution < -0.4 is 10.6 Å². The smallest absolute Gasteiger partial charge is 0.261 e. The Labute approximate surface area is 162 Å². The van der Waals surface area contributed by atoms with Crippen LogP contribution in [0.25, 0.3) is 0 Å². The van der Waals surface area contributed by atoms with E-state index in [0.29, 0.717) is 16.7 Å². The maximum absolute atomic E-state index is 12.4. The minimum Gasteiger partial charge on any atom is -0.355 e. The van der Waals surface area contributed by atoms with Crippen LogP contribution in [-0.4, -0.2) is 42.1 Å². The number of amides is 4. The van der Waals surface area contributed by atoms with Gasteiger partial charge < -0.3 is 10.6 Å². The Morgan fingerprint density at radius 2 is 1.75 bits per heavy atom. The Balaban J connectivity index is 1.55. The van der Waals surface area contributed by atoms with Crippen molar-refractivity contribution in [3.05, 3.63) is 70.3 Å². The predicted molar refractivity (Wildman–Crippen MR) is 103 cm³/mol. The number of aryl methyl sites for hydroxylation is 1. The largest absolute Gasteiger partial charge is 0.355 e. The zero-order valence-electron chi connectivity index (χ0n) is 15.7. The molecule has 1 aliphatic rings. The molecular weight excluding hydrogens is 358 g/mol. The Morgan fingerprint density at radius 3 is 2.50 bits per heavy atom. The monoisotopic (exact) mass is 379 g/mol. The lowest BCUT2D eigenvalue weighted by Crippen LogP contribution is -2.34. The maximum Gasteiger partial charge on any atom is 0.261 e. The highest BCUT2D eigenvalue weighted by Gasteiger charge is 2.35. The SMILES string of the molecule is CNC(=O)c1cccc(CNC(=O)CCN2C(=O)c3ccc(C)cc3C2=O)c1. The molecule has 7 nitrogen and oxygen atoms in total. The molecule has 2 aromatic carbocycles. The van der Waals surface area contributed by atoms with Gasteiger partial charge in [-0.15, -0.1) is 0 Å². The highest BCUT2D eigenvalue weighted by atomic mass is 16.2. The molecule has 0 saturated carbocycles. The molecule has 4 amide bonds. The molecule has 0 spiro atoms. The van der Waals surface area contributed by atoms with Gasteiger partial charge in [-0.05, 0) is 36.8 Å².